The van der Waals surface area contributed by atoms with Crippen LogP contribution >= 0.6 is 0 Å². The van der Waals surface area contributed by atoms with E-state index in [0.717, 1.165) is 24.3 Å². The Morgan fingerprint density at radius 1 is 1.08 bits per heavy atom. The number of nitrogens with one attached hydrogen (secondary N) is 2. The molecular formula is C17H22N4O3. The number of aromatic nitrogens is 2. The van der Waals surface area contributed by atoms with E-state index in [0.29, 0.717) is 19.0 Å². The van der Waals surface area contributed by atoms with Crippen molar-refractivity contribution in [3.63, 3.8) is 0 Å². The van der Waals surface area contributed by atoms with Crippen molar-refractivity contribution in [1.29, 1.82) is 0 Å². The van der Waals surface area contributed by atoms with Gasteiger partial charge in [0.1, 0.15) is 11.6 Å². The van der Waals surface area contributed by atoms with Gasteiger partial charge >= 0.3 is 0 Å². The normalized spacial score (nSPS) is 10.2. The highest BCUT2D eigenvalue weighted by Crippen LogP contribution is 2.11. The Labute approximate surface area is 141 Å². The molecule has 7 heteroatoms. The molecule has 0 fully saturated rings. The predicted molar refractivity (Wildman–Crippen MR) is 91.2 cm³/mol. The van der Waals surface area contributed by atoms with Crippen molar-refractivity contribution in [2.24, 2.45) is 0 Å². The second-order valence-corrected chi connectivity index (χ2v) is 5.11. The highest BCUT2D eigenvalue weighted by atomic mass is 16.5. The molecule has 0 saturated heterocycles. The first kappa shape index (κ1) is 17.7. The van der Waals surface area contributed by atoms with E-state index in [-0.39, 0.29) is 11.6 Å². The number of rotatable bonds is 9. The van der Waals surface area contributed by atoms with Crippen molar-refractivity contribution in [2.45, 2.75) is 13.0 Å². The molecule has 2 rings (SSSR count). The predicted octanol–water partition coefficient (Wildman–Crippen LogP) is 1.86. The molecule has 0 spiro atoms. The van der Waals surface area contributed by atoms with E-state index in [4.69, 9.17) is 9.47 Å². The number of hydrogen-bond donors (Lipinski definition) is 2. The van der Waals surface area contributed by atoms with Crippen LogP contribution in [-0.4, -0.2) is 43.5 Å². The van der Waals surface area contributed by atoms with Gasteiger partial charge in [0.25, 0.3) is 5.91 Å². The van der Waals surface area contributed by atoms with Gasteiger partial charge in [-0.2, -0.15) is 0 Å². The minimum absolute atomic E-state index is 0.260. The number of anilines is 1. The average Bonchev–Trinajstić information content (AvgIpc) is 2.64. The van der Waals surface area contributed by atoms with Crippen molar-refractivity contribution < 1.29 is 14.3 Å². The summed E-state index contributed by atoms with van der Waals surface area (Å²) in [7, 11) is 3.28. The molecule has 0 atom stereocenters. The molecule has 1 aromatic heterocycles. The van der Waals surface area contributed by atoms with Gasteiger partial charge < -0.3 is 20.1 Å². The van der Waals surface area contributed by atoms with E-state index in [1.807, 2.05) is 24.3 Å². The van der Waals surface area contributed by atoms with Crippen LogP contribution in [-0.2, 0) is 11.3 Å². The monoisotopic (exact) mass is 330 g/mol. The van der Waals surface area contributed by atoms with Gasteiger partial charge in [-0.05, 0) is 36.2 Å². The first-order chi connectivity index (χ1) is 11.7. The van der Waals surface area contributed by atoms with Crippen LogP contribution < -0.4 is 15.4 Å². The van der Waals surface area contributed by atoms with Gasteiger partial charge in [0.05, 0.1) is 7.11 Å². The molecule has 1 aromatic carbocycles. The second kappa shape index (κ2) is 9.46. The van der Waals surface area contributed by atoms with Gasteiger partial charge in [-0.15, -0.1) is 10.2 Å². The van der Waals surface area contributed by atoms with Gasteiger partial charge in [-0.25, -0.2) is 0 Å². The third-order valence-electron chi connectivity index (χ3n) is 3.34. The lowest BCUT2D eigenvalue weighted by Gasteiger charge is -2.07. The Morgan fingerprint density at radius 2 is 1.88 bits per heavy atom. The quantitative estimate of drug-likeness (QED) is 0.683. The summed E-state index contributed by atoms with van der Waals surface area (Å²) in [6.07, 6.45) is 0.877. The largest absolute Gasteiger partial charge is 0.497 e. The number of nitrogens with zero attached hydrogens (tertiary/aromatic N) is 2. The summed E-state index contributed by atoms with van der Waals surface area (Å²) in [5.74, 6) is 1.16. The van der Waals surface area contributed by atoms with Crippen molar-refractivity contribution in [3.05, 3.63) is 47.7 Å². The summed E-state index contributed by atoms with van der Waals surface area (Å²) >= 11 is 0. The molecule has 128 valence electrons. The molecule has 0 aliphatic rings. The van der Waals surface area contributed by atoms with Crippen LogP contribution in [0.5, 0.6) is 5.75 Å². The van der Waals surface area contributed by atoms with Crippen LogP contribution in [0.25, 0.3) is 0 Å². The molecule has 2 N–H and O–H groups in total. The standard InChI is InChI=1S/C17H22N4O3/c1-23-11-3-10-18-16-9-8-15(20-21-16)17(22)19-12-13-4-6-14(24-2)7-5-13/h4-9H,3,10-12H2,1-2H3,(H,18,21)(H,19,22). The number of amides is 1. The van der Waals surface area contributed by atoms with E-state index in [1.54, 1.807) is 26.4 Å². The maximum Gasteiger partial charge on any atom is 0.272 e. The fourth-order valence-corrected chi connectivity index (χ4v) is 2.00. The molecule has 2 aromatic rings. The van der Waals surface area contributed by atoms with Crippen LogP contribution in [0.4, 0.5) is 5.82 Å². The zero-order valence-corrected chi connectivity index (χ0v) is 13.9. The molecule has 0 aliphatic heterocycles. The Balaban J connectivity index is 1.81. The summed E-state index contributed by atoms with van der Waals surface area (Å²) in [5, 5.41) is 13.9. The second-order valence-electron chi connectivity index (χ2n) is 5.11. The average molecular weight is 330 g/mol. The number of methoxy groups -OCH3 is 2. The van der Waals surface area contributed by atoms with Gasteiger partial charge in [0.2, 0.25) is 0 Å². The topological polar surface area (TPSA) is 85.4 Å². The Hall–Kier alpha value is -2.67. The molecule has 0 unspecified atom stereocenters. The molecule has 24 heavy (non-hydrogen) atoms. The number of benzene rings is 1. The van der Waals surface area contributed by atoms with Gasteiger partial charge in [0.15, 0.2) is 5.69 Å². The molecule has 1 amide bonds. The maximum atomic E-state index is 12.1. The Morgan fingerprint density at radius 3 is 2.50 bits per heavy atom. The first-order valence-corrected chi connectivity index (χ1v) is 7.70. The smallest absolute Gasteiger partial charge is 0.272 e. The van der Waals surface area contributed by atoms with Gasteiger partial charge in [-0.1, -0.05) is 12.1 Å². The van der Waals surface area contributed by atoms with Crippen molar-refractivity contribution in [1.82, 2.24) is 15.5 Å². The van der Waals surface area contributed by atoms with E-state index in [2.05, 4.69) is 20.8 Å². The Kier molecular flexibility index (Phi) is 6.97. The van der Waals surface area contributed by atoms with Gasteiger partial charge in [-0.3, -0.25) is 4.79 Å². The fraction of sp³-hybridized carbons (Fsp3) is 0.353. The van der Waals surface area contributed by atoms with Crippen LogP contribution in [0.1, 0.15) is 22.5 Å². The molecule has 0 saturated carbocycles. The van der Waals surface area contributed by atoms with Crippen LogP contribution in [0.15, 0.2) is 36.4 Å². The lowest BCUT2D eigenvalue weighted by Crippen LogP contribution is -2.24. The summed E-state index contributed by atoms with van der Waals surface area (Å²) in [5.41, 5.74) is 1.26. The van der Waals surface area contributed by atoms with Gasteiger partial charge in [0, 0.05) is 26.8 Å². The number of carbonyl (C=O) groups excluding carboxylic acids is 1. The number of ether oxygens (including phenoxy) is 2. The molecule has 1 heterocycles. The minimum Gasteiger partial charge on any atom is -0.497 e. The molecule has 0 radical (unpaired) electrons. The third-order valence-corrected chi connectivity index (χ3v) is 3.34. The lowest BCUT2D eigenvalue weighted by atomic mass is 10.2. The third kappa shape index (κ3) is 5.51. The van der Waals surface area contributed by atoms with E-state index < -0.39 is 0 Å². The van der Waals surface area contributed by atoms with Crippen molar-refractivity contribution in [3.8, 4) is 5.75 Å². The first-order valence-electron chi connectivity index (χ1n) is 7.70. The lowest BCUT2D eigenvalue weighted by molar-refractivity contribution is 0.0945. The zero-order valence-electron chi connectivity index (χ0n) is 13.9. The minimum atomic E-state index is -0.260. The number of hydrogen-bond acceptors (Lipinski definition) is 6. The fourth-order valence-electron chi connectivity index (χ4n) is 2.00. The van der Waals surface area contributed by atoms with Crippen LogP contribution in [0, 0.1) is 0 Å². The zero-order chi connectivity index (χ0) is 17.2. The van der Waals surface area contributed by atoms with E-state index in [9.17, 15) is 4.79 Å². The van der Waals surface area contributed by atoms with Crippen LogP contribution in [0.2, 0.25) is 0 Å². The summed E-state index contributed by atoms with van der Waals surface area (Å²) in [4.78, 5) is 12.1. The highest BCUT2D eigenvalue weighted by molar-refractivity contribution is 5.92. The summed E-state index contributed by atoms with van der Waals surface area (Å²) in [6.45, 7) is 1.85. The van der Waals surface area contributed by atoms with Crippen molar-refractivity contribution >= 4 is 11.7 Å². The number of carbonyl (C=O) groups is 1. The molecule has 7 nitrogen and oxygen atoms in total. The Bertz CT molecular complexity index is 629. The summed E-state index contributed by atoms with van der Waals surface area (Å²) in [6, 6.07) is 10.9. The molecular weight excluding hydrogens is 308 g/mol. The summed E-state index contributed by atoms with van der Waals surface area (Å²) < 4.78 is 10.1. The maximum absolute atomic E-state index is 12.1. The van der Waals surface area contributed by atoms with E-state index >= 15 is 0 Å². The van der Waals surface area contributed by atoms with Crippen molar-refractivity contribution in [2.75, 3.05) is 32.7 Å². The highest BCUT2D eigenvalue weighted by Gasteiger charge is 2.08. The SMILES string of the molecule is COCCCNc1ccc(C(=O)NCc2ccc(OC)cc2)nn1. The molecule has 0 aliphatic carbocycles. The molecule has 0 bridgehead atoms. The van der Waals surface area contributed by atoms with Crippen LogP contribution in [0.3, 0.4) is 0 Å². The van der Waals surface area contributed by atoms with E-state index in [1.165, 1.54) is 0 Å².